The summed E-state index contributed by atoms with van der Waals surface area (Å²) in [6, 6.07) is 18.6. The van der Waals surface area contributed by atoms with Gasteiger partial charge in [-0.05, 0) is 59.7 Å². The topological polar surface area (TPSA) is 84.9 Å². The van der Waals surface area contributed by atoms with Gasteiger partial charge in [-0.15, -0.1) is 0 Å². The zero-order chi connectivity index (χ0) is 26.6. The maximum atomic E-state index is 13.1. The molecule has 1 heterocycles. The van der Waals surface area contributed by atoms with Gasteiger partial charge in [0.25, 0.3) is 5.91 Å². The van der Waals surface area contributed by atoms with Crippen molar-refractivity contribution in [1.29, 1.82) is 0 Å². The third-order valence-electron chi connectivity index (χ3n) is 5.56. The van der Waals surface area contributed by atoms with E-state index in [1.807, 2.05) is 0 Å². The smallest absolute Gasteiger partial charge is 0.266 e. The van der Waals surface area contributed by atoms with E-state index in [4.69, 9.17) is 33.3 Å². The monoisotopic (exact) mass is 574 g/mol. The van der Waals surface area contributed by atoms with E-state index >= 15 is 0 Å². The Morgan fingerprint density at radius 1 is 1.03 bits per heavy atom. The zero-order valence-electron chi connectivity index (χ0n) is 19.9. The molecule has 4 rings (SSSR count). The molecule has 1 fully saturated rings. The first-order chi connectivity index (χ1) is 17.7. The van der Waals surface area contributed by atoms with Gasteiger partial charge >= 0.3 is 0 Å². The minimum atomic E-state index is -3.72. The van der Waals surface area contributed by atoms with Crippen LogP contribution in [0.25, 0.3) is 6.08 Å². The number of thioether (sulfide) groups is 1. The molecule has 0 saturated carbocycles. The number of methoxy groups -OCH3 is 2. The SMILES string of the molecule is COc1ccc(CNS(=O)(=O)c2ccc(/C=C3\SC(=S)N(Cc4cc(Cl)ccc4OC)C3=O)cc2)cc1. The minimum Gasteiger partial charge on any atom is -0.497 e. The molecule has 1 amide bonds. The summed E-state index contributed by atoms with van der Waals surface area (Å²) >= 11 is 12.7. The molecule has 3 aromatic carbocycles. The average molecular weight is 575 g/mol. The van der Waals surface area contributed by atoms with Crippen molar-refractivity contribution in [3.8, 4) is 11.5 Å². The molecule has 192 valence electrons. The molecule has 0 unspecified atom stereocenters. The minimum absolute atomic E-state index is 0.124. The van der Waals surface area contributed by atoms with Crippen molar-refractivity contribution in [1.82, 2.24) is 9.62 Å². The van der Waals surface area contributed by atoms with Crippen LogP contribution < -0.4 is 14.2 Å². The standard InChI is InChI=1S/C26H23ClN2O5S3/c1-33-21-8-3-18(4-9-21)15-28-37(31,32)22-10-5-17(6-11-22)13-24-25(30)29(26(35)36-24)16-19-14-20(27)7-12-23(19)34-2/h3-14,28H,15-16H2,1-2H3/b24-13-. The number of ether oxygens (including phenoxy) is 2. The molecular formula is C26H23ClN2O5S3. The lowest BCUT2D eigenvalue weighted by atomic mass is 10.2. The van der Waals surface area contributed by atoms with Crippen molar-refractivity contribution in [3.05, 3.63) is 93.3 Å². The number of nitrogens with zero attached hydrogens (tertiary/aromatic N) is 1. The molecule has 1 saturated heterocycles. The van der Waals surface area contributed by atoms with Crippen LogP contribution in [0.5, 0.6) is 11.5 Å². The highest BCUT2D eigenvalue weighted by atomic mass is 35.5. The second-order valence-electron chi connectivity index (χ2n) is 7.97. The van der Waals surface area contributed by atoms with Gasteiger partial charge in [-0.3, -0.25) is 9.69 Å². The normalized spacial score (nSPS) is 14.9. The molecule has 0 aliphatic carbocycles. The Hall–Kier alpha value is -2.89. The van der Waals surface area contributed by atoms with Gasteiger partial charge in [-0.1, -0.05) is 59.8 Å². The van der Waals surface area contributed by atoms with Gasteiger partial charge in [0.05, 0.1) is 30.6 Å². The second-order valence-corrected chi connectivity index (χ2v) is 11.8. The van der Waals surface area contributed by atoms with Gasteiger partial charge in [0, 0.05) is 17.1 Å². The molecule has 3 aromatic rings. The predicted octanol–water partition coefficient (Wildman–Crippen LogP) is 5.24. The van der Waals surface area contributed by atoms with Crippen molar-refractivity contribution in [2.75, 3.05) is 14.2 Å². The lowest BCUT2D eigenvalue weighted by molar-refractivity contribution is -0.122. The molecule has 1 aliphatic heterocycles. The van der Waals surface area contributed by atoms with Gasteiger partial charge in [-0.25, -0.2) is 13.1 Å². The van der Waals surface area contributed by atoms with E-state index in [0.717, 1.165) is 11.1 Å². The van der Waals surface area contributed by atoms with Gasteiger partial charge in [0.15, 0.2) is 0 Å². The van der Waals surface area contributed by atoms with E-state index in [1.54, 1.807) is 74.9 Å². The number of hydrogen-bond acceptors (Lipinski definition) is 7. The average Bonchev–Trinajstić information content (AvgIpc) is 3.15. The van der Waals surface area contributed by atoms with Crippen LogP contribution in [-0.2, 0) is 27.9 Å². The molecule has 0 atom stereocenters. The number of sulfonamides is 1. The summed E-state index contributed by atoms with van der Waals surface area (Å²) in [5.74, 6) is 1.07. The Kier molecular flexibility index (Phi) is 8.56. The van der Waals surface area contributed by atoms with Crippen molar-refractivity contribution >= 4 is 61.9 Å². The number of thiocarbonyl (C=S) groups is 1. The van der Waals surface area contributed by atoms with Crippen LogP contribution in [0.4, 0.5) is 0 Å². The summed E-state index contributed by atoms with van der Waals surface area (Å²) in [6.07, 6.45) is 1.69. The highest BCUT2D eigenvalue weighted by molar-refractivity contribution is 8.26. The summed E-state index contributed by atoms with van der Waals surface area (Å²) in [4.78, 5) is 15.1. The number of carbonyl (C=O) groups excluding carboxylic acids is 1. The fraction of sp³-hybridized carbons (Fsp3) is 0.154. The first-order valence-corrected chi connectivity index (χ1v) is 14.1. The van der Waals surface area contributed by atoms with Crippen LogP contribution in [0, 0.1) is 0 Å². The zero-order valence-corrected chi connectivity index (χ0v) is 23.1. The van der Waals surface area contributed by atoms with Gasteiger partial charge in [-0.2, -0.15) is 0 Å². The van der Waals surface area contributed by atoms with E-state index in [1.165, 1.54) is 28.8 Å². The summed E-state index contributed by atoms with van der Waals surface area (Å²) in [5, 5.41) is 0.533. The number of nitrogens with one attached hydrogen (secondary N) is 1. The van der Waals surface area contributed by atoms with Crippen molar-refractivity contribution in [2.24, 2.45) is 0 Å². The van der Waals surface area contributed by atoms with E-state index < -0.39 is 10.0 Å². The Balaban J connectivity index is 1.44. The number of carbonyl (C=O) groups is 1. The molecule has 7 nitrogen and oxygen atoms in total. The molecule has 37 heavy (non-hydrogen) atoms. The maximum absolute atomic E-state index is 13.1. The summed E-state index contributed by atoms with van der Waals surface area (Å²) in [5.41, 5.74) is 2.22. The highest BCUT2D eigenvalue weighted by Gasteiger charge is 2.32. The van der Waals surface area contributed by atoms with Gasteiger partial charge < -0.3 is 9.47 Å². The highest BCUT2D eigenvalue weighted by Crippen LogP contribution is 2.35. The number of hydrogen-bond donors (Lipinski definition) is 1. The van der Waals surface area contributed by atoms with Crippen LogP contribution in [0.1, 0.15) is 16.7 Å². The Morgan fingerprint density at radius 2 is 1.73 bits per heavy atom. The molecular weight excluding hydrogens is 552 g/mol. The maximum Gasteiger partial charge on any atom is 0.266 e. The van der Waals surface area contributed by atoms with Gasteiger partial charge in [0.2, 0.25) is 10.0 Å². The molecule has 1 aliphatic rings. The van der Waals surface area contributed by atoms with Crippen LogP contribution in [0.15, 0.2) is 76.5 Å². The molecule has 0 bridgehead atoms. The Bertz CT molecular complexity index is 1460. The van der Waals surface area contributed by atoms with Crippen LogP contribution in [0.2, 0.25) is 5.02 Å². The molecule has 0 radical (unpaired) electrons. The van der Waals surface area contributed by atoms with E-state index in [9.17, 15) is 13.2 Å². The fourth-order valence-electron chi connectivity index (χ4n) is 3.58. The molecule has 11 heteroatoms. The van der Waals surface area contributed by atoms with E-state index in [-0.39, 0.29) is 23.9 Å². The van der Waals surface area contributed by atoms with Crippen LogP contribution >= 0.6 is 35.6 Å². The first-order valence-electron chi connectivity index (χ1n) is 11.0. The number of amides is 1. The van der Waals surface area contributed by atoms with Crippen molar-refractivity contribution < 1.29 is 22.7 Å². The summed E-state index contributed by atoms with van der Waals surface area (Å²) in [7, 11) is -0.595. The second kappa shape index (κ2) is 11.7. The quantitative estimate of drug-likeness (QED) is 0.276. The Morgan fingerprint density at radius 3 is 2.38 bits per heavy atom. The molecule has 1 N–H and O–H groups in total. The lowest BCUT2D eigenvalue weighted by Crippen LogP contribution is -2.27. The third kappa shape index (κ3) is 6.52. The number of halogens is 1. The summed E-state index contributed by atoms with van der Waals surface area (Å²) in [6.45, 7) is 0.372. The largest absolute Gasteiger partial charge is 0.497 e. The van der Waals surface area contributed by atoms with E-state index in [2.05, 4.69) is 4.72 Å². The van der Waals surface area contributed by atoms with Crippen molar-refractivity contribution in [3.63, 3.8) is 0 Å². The van der Waals surface area contributed by atoms with E-state index in [0.29, 0.717) is 31.3 Å². The predicted molar refractivity (Wildman–Crippen MR) is 150 cm³/mol. The number of rotatable bonds is 9. The summed E-state index contributed by atoms with van der Waals surface area (Å²) < 4.78 is 38.9. The van der Waals surface area contributed by atoms with Gasteiger partial charge in [0.1, 0.15) is 15.8 Å². The fourth-order valence-corrected chi connectivity index (χ4v) is 6.04. The van der Waals surface area contributed by atoms with Crippen LogP contribution in [-0.4, -0.2) is 37.8 Å². The third-order valence-corrected chi connectivity index (χ3v) is 8.59. The molecule has 0 aromatic heterocycles. The lowest BCUT2D eigenvalue weighted by Gasteiger charge is -2.17. The first kappa shape index (κ1) is 27.2. The molecule has 0 spiro atoms. The number of benzene rings is 3. The van der Waals surface area contributed by atoms with Crippen molar-refractivity contribution in [2.45, 2.75) is 18.0 Å². The Labute approximate surface area is 230 Å². The van der Waals surface area contributed by atoms with Crippen LogP contribution in [0.3, 0.4) is 0 Å².